The number of oxime groups is 1. The first-order valence-electron chi connectivity index (χ1n) is 7.51. The number of amides is 1. The van der Waals surface area contributed by atoms with Gasteiger partial charge in [-0.15, -0.1) is 0 Å². The van der Waals surface area contributed by atoms with E-state index in [0.717, 1.165) is 0 Å². The fourth-order valence-corrected chi connectivity index (χ4v) is 2.36. The number of rotatable bonds is 1. The van der Waals surface area contributed by atoms with Crippen LogP contribution in [0.5, 0.6) is 0 Å². The van der Waals surface area contributed by atoms with E-state index in [1.54, 1.807) is 28.0 Å². The molecule has 1 N–H and O–H groups in total. The smallest absolute Gasteiger partial charge is 0.410 e. The molecule has 0 unspecified atom stereocenters. The van der Waals surface area contributed by atoms with Crippen molar-refractivity contribution >= 4 is 11.9 Å². The van der Waals surface area contributed by atoms with Crippen LogP contribution in [-0.4, -0.2) is 58.7 Å². The highest BCUT2D eigenvalue weighted by atomic mass is 19.1. The van der Waals surface area contributed by atoms with Gasteiger partial charge < -0.3 is 19.7 Å². The average molecular weight is 323 g/mol. The summed E-state index contributed by atoms with van der Waals surface area (Å²) in [6.45, 7) is 7.16. The molecule has 23 heavy (non-hydrogen) atoms. The number of halogens is 1. The second-order valence-corrected chi connectivity index (χ2v) is 6.36. The molecule has 1 saturated heterocycles. The van der Waals surface area contributed by atoms with Crippen molar-refractivity contribution in [3.63, 3.8) is 0 Å². The monoisotopic (exact) mass is 323 g/mol. The van der Waals surface area contributed by atoms with E-state index < -0.39 is 11.4 Å². The molecule has 0 radical (unpaired) electrons. The van der Waals surface area contributed by atoms with Gasteiger partial charge >= 0.3 is 6.09 Å². The third kappa shape index (κ3) is 4.34. The Hall–Kier alpha value is -2.31. The number of hydrogen-bond acceptors (Lipinski definition) is 4. The molecule has 6 nitrogen and oxygen atoms in total. The molecular weight excluding hydrogens is 301 g/mol. The van der Waals surface area contributed by atoms with Crippen molar-refractivity contribution < 1.29 is 19.1 Å². The van der Waals surface area contributed by atoms with Crippen LogP contribution in [0.1, 0.15) is 26.3 Å². The molecule has 7 heteroatoms. The SMILES string of the molecule is CC(C)(C)OC(=O)N1CCN(C(=NO)c2ccccc2F)CC1. The van der Waals surface area contributed by atoms with Crippen LogP contribution in [0.3, 0.4) is 0 Å². The minimum atomic E-state index is -0.543. The quantitative estimate of drug-likeness (QED) is 0.373. The summed E-state index contributed by atoms with van der Waals surface area (Å²) in [5.41, 5.74) is -0.306. The van der Waals surface area contributed by atoms with Gasteiger partial charge in [0.15, 0.2) is 5.84 Å². The van der Waals surface area contributed by atoms with Crippen molar-refractivity contribution in [3.8, 4) is 0 Å². The van der Waals surface area contributed by atoms with Crippen molar-refractivity contribution in [1.82, 2.24) is 9.80 Å². The zero-order chi connectivity index (χ0) is 17.0. The summed E-state index contributed by atoms with van der Waals surface area (Å²) in [5, 5.41) is 12.5. The summed E-state index contributed by atoms with van der Waals surface area (Å²) in [5.74, 6) is -0.276. The molecule has 1 heterocycles. The molecular formula is C16H22FN3O3. The molecule has 1 aromatic carbocycles. The van der Waals surface area contributed by atoms with Gasteiger partial charge in [0.2, 0.25) is 0 Å². The van der Waals surface area contributed by atoms with Crippen LogP contribution in [0.25, 0.3) is 0 Å². The summed E-state index contributed by atoms with van der Waals surface area (Å²) in [6.07, 6.45) is -0.370. The van der Waals surface area contributed by atoms with Crippen molar-refractivity contribution in [3.05, 3.63) is 35.6 Å². The lowest BCUT2D eigenvalue weighted by Gasteiger charge is -2.36. The molecule has 126 valence electrons. The largest absolute Gasteiger partial charge is 0.444 e. The van der Waals surface area contributed by atoms with E-state index in [0.29, 0.717) is 26.2 Å². The van der Waals surface area contributed by atoms with Crippen molar-refractivity contribution in [2.75, 3.05) is 26.2 Å². The van der Waals surface area contributed by atoms with Gasteiger partial charge in [-0.1, -0.05) is 17.3 Å². The Morgan fingerprint density at radius 2 is 1.74 bits per heavy atom. The summed E-state index contributed by atoms with van der Waals surface area (Å²) >= 11 is 0. The van der Waals surface area contributed by atoms with Crippen LogP contribution < -0.4 is 0 Å². The second-order valence-electron chi connectivity index (χ2n) is 6.36. The third-order valence-corrected chi connectivity index (χ3v) is 3.44. The van der Waals surface area contributed by atoms with Crippen LogP contribution in [0.2, 0.25) is 0 Å². The zero-order valence-electron chi connectivity index (χ0n) is 13.6. The van der Waals surface area contributed by atoms with Gasteiger partial charge in [-0.2, -0.15) is 0 Å². The Morgan fingerprint density at radius 1 is 1.17 bits per heavy atom. The first-order chi connectivity index (χ1) is 10.8. The average Bonchev–Trinajstić information content (AvgIpc) is 2.49. The first kappa shape index (κ1) is 17.1. The van der Waals surface area contributed by atoms with Gasteiger partial charge in [0.25, 0.3) is 0 Å². The number of amidine groups is 1. The topological polar surface area (TPSA) is 65.4 Å². The number of hydrogen-bond donors (Lipinski definition) is 1. The van der Waals surface area contributed by atoms with E-state index in [9.17, 15) is 14.4 Å². The van der Waals surface area contributed by atoms with Gasteiger partial charge in [-0.3, -0.25) is 0 Å². The number of ether oxygens (including phenoxy) is 1. The van der Waals surface area contributed by atoms with Crippen molar-refractivity contribution in [2.45, 2.75) is 26.4 Å². The number of carbonyl (C=O) groups excluding carboxylic acids is 1. The molecule has 2 rings (SSSR count). The van der Waals surface area contributed by atoms with E-state index in [1.165, 1.54) is 6.07 Å². The summed E-state index contributed by atoms with van der Waals surface area (Å²) in [6, 6.07) is 6.14. The molecule has 0 saturated carbocycles. The highest BCUT2D eigenvalue weighted by molar-refractivity contribution is 5.98. The van der Waals surface area contributed by atoms with E-state index in [2.05, 4.69) is 5.16 Å². The van der Waals surface area contributed by atoms with Gasteiger partial charge in [0.1, 0.15) is 11.4 Å². The number of benzene rings is 1. The number of carbonyl (C=O) groups is 1. The van der Waals surface area contributed by atoms with Crippen LogP contribution in [0.15, 0.2) is 29.4 Å². The van der Waals surface area contributed by atoms with Gasteiger partial charge in [0, 0.05) is 26.2 Å². The van der Waals surface area contributed by atoms with E-state index in [4.69, 9.17) is 4.74 Å². The van der Waals surface area contributed by atoms with Crippen LogP contribution in [-0.2, 0) is 4.74 Å². The minimum Gasteiger partial charge on any atom is -0.444 e. The molecule has 0 aliphatic carbocycles. The molecule has 1 fully saturated rings. The first-order valence-corrected chi connectivity index (χ1v) is 7.51. The number of nitrogens with zero attached hydrogens (tertiary/aromatic N) is 3. The fourth-order valence-electron chi connectivity index (χ4n) is 2.36. The Bertz CT molecular complexity index is 590. The van der Waals surface area contributed by atoms with E-state index in [1.807, 2.05) is 20.8 Å². The molecule has 1 amide bonds. The van der Waals surface area contributed by atoms with Crippen LogP contribution >= 0.6 is 0 Å². The highest BCUT2D eigenvalue weighted by Gasteiger charge is 2.28. The Morgan fingerprint density at radius 3 is 2.26 bits per heavy atom. The number of piperazine rings is 1. The van der Waals surface area contributed by atoms with E-state index >= 15 is 0 Å². The predicted molar refractivity (Wildman–Crippen MR) is 84.1 cm³/mol. The molecule has 1 aromatic rings. The summed E-state index contributed by atoms with van der Waals surface area (Å²) in [7, 11) is 0. The Kier molecular flexibility index (Phi) is 5.08. The van der Waals surface area contributed by atoms with Crippen molar-refractivity contribution in [2.24, 2.45) is 5.16 Å². The standard InChI is InChI=1S/C16H22FN3O3/c1-16(2,3)23-15(21)20-10-8-19(9-11-20)14(18-22)12-6-4-5-7-13(12)17/h4-7,22H,8-11H2,1-3H3. The van der Waals surface area contributed by atoms with Gasteiger partial charge in [0.05, 0.1) is 5.56 Å². The summed E-state index contributed by atoms with van der Waals surface area (Å²) < 4.78 is 19.2. The van der Waals surface area contributed by atoms with Crippen LogP contribution in [0.4, 0.5) is 9.18 Å². The maximum Gasteiger partial charge on any atom is 0.410 e. The van der Waals surface area contributed by atoms with E-state index in [-0.39, 0.29) is 17.5 Å². The lowest BCUT2D eigenvalue weighted by molar-refractivity contribution is 0.0186. The molecule has 0 aromatic heterocycles. The maximum atomic E-state index is 13.9. The maximum absolute atomic E-state index is 13.9. The predicted octanol–water partition coefficient (Wildman–Crippen LogP) is 2.51. The Balaban J connectivity index is 2.01. The molecule has 1 aliphatic heterocycles. The molecule has 0 spiro atoms. The van der Waals surface area contributed by atoms with Crippen LogP contribution in [0, 0.1) is 5.82 Å². The third-order valence-electron chi connectivity index (χ3n) is 3.44. The summed E-state index contributed by atoms with van der Waals surface area (Å²) in [4.78, 5) is 15.4. The minimum absolute atomic E-state index is 0.173. The molecule has 0 atom stereocenters. The lowest BCUT2D eigenvalue weighted by Crippen LogP contribution is -2.52. The Labute approximate surface area is 135 Å². The molecule has 1 aliphatic rings. The van der Waals surface area contributed by atoms with Crippen molar-refractivity contribution in [1.29, 1.82) is 0 Å². The normalized spacial score (nSPS) is 16.4. The molecule has 0 bridgehead atoms. The lowest BCUT2D eigenvalue weighted by atomic mass is 10.1. The zero-order valence-corrected chi connectivity index (χ0v) is 13.6. The fraction of sp³-hybridized carbons (Fsp3) is 0.500. The second kappa shape index (κ2) is 6.85. The van der Waals surface area contributed by atoms with Gasteiger partial charge in [-0.25, -0.2) is 9.18 Å². The van der Waals surface area contributed by atoms with Gasteiger partial charge in [-0.05, 0) is 32.9 Å². The highest BCUT2D eigenvalue weighted by Crippen LogP contribution is 2.15.